The van der Waals surface area contributed by atoms with Crippen molar-refractivity contribution >= 4 is 22.4 Å². The summed E-state index contributed by atoms with van der Waals surface area (Å²) in [4.78, 5) is 12.1. The number of nitrogens with zero attached hydrogens (tertiary/aromatic N) is 2. The van der Waals surface area contributed by atoms with Crippen LogP contribution in [0.1, 0.15) is 11.9 Å². The van der Waals surface area contributed by atoms with Crippen LogP contribution in [0.4, 0.5) is 5.13 Å². The Labute approximate surface area is 124 Å². The second-order valence-electron chi connectivity index (χ2n) is 4.14. The van der Waals surface area contributed by atoms with Gasteiger partial charge in [-0.2, -0.15) is 0 Å². The summed E-state index contributed by atoms with van der Waals surface area (Å²) < 4.78 is 16.0. The molecule has 0 saturated carbocycles. The van der Waals surface area contributed by atoms with Crippen LogP contribution in [-0.2, 0) is 16.1 Å². The van der Waals surface area contributed by atoms with Gasteiger partial charge in [0.25, 0.3) is 0 Å². The highest BCUT2D eigenvalue weighted by molar-refractivity contribution is 7.15. The summed E-state index contributed by atoms with van der Waals surface area (Å²) in [5, 5.41) is 11.5. The lowest BCUT2D eigenvalue weighted by molar-refractivity contribution is -0.131. The Bertz CT molecular complexity index is 621. The first-order valence-electron chi connectivity index (χ1n) is 6.39. The average Bonchev–Trinajstić information content (AvgIpc) is 3.11. The number of carbonyl (C=O) groups excluding carboxylic acids is 1. The van der Waals surface area contributed by atoms with Crippen LogP contribution in [0.25, 0.3) is 0 Å². The number of anilines is 1. The molecule has 2 heterocycles. The summed E-state index contributed by atoms with van der Waals surface area (Å²) >= 11 is 1.25. The molecule has 1 amide bonds. The molecule has 0 spiro atoms. The molecular weight excluding hydrogens is 294 g/mol. The number of ether oxygens (including phenoxy) is 3. The minimum Gasteiger partial charge on any atom is -0.442 e. The van der Waals surface area contributed by atoms with Crippen molar-refractivity contribution in [3.8, 4) is 11.5 Å². The first-order valence-corrected chi connectivity index (χ1v) is 7.21. The van der Waals surface area contributed by atoms with Gasteiger partial charge in [-0.25, -0.2) is 0 Å². The lowest BCUT2D eigenvalue weighted by Gasteiger charge is -2.08. The molecule has 1 aliphatic heterocycles. The maximum Gasteiger partial charge on any atom is 0.322 e. The molecule has 0 atom stereocenters. The molecule has 1 aromatic carbocycles. The number of para-hydroxylation sites is 2. The Morgan fingerprint density at radius 2 is 2.05 bits per heavy atom. The van der Waals surface area contributed by atoms with Crippen molar-refractivity contribution in [3.05, 3.63) is 29.3 Å². The molecule has 0 bridgehead atoms. The van der Waals surface area contributed by atoms with Crippen LogP contribution in [-0.4, -0.2) is 29.0 Å². The number of amides is 1. The van der Waals surface area contributed by atoms with Crippen LogP contribution in [0.5, 0.6) is 11.5 Å². The van der Waals surface area contributed by atoms with Crippen molar-refractivity contribution in [2.24, 2.45) is 0 Å². The maximum atomic E-state index is 12.1. The first-order chi connectivity index (χ1) is 10.3. The van der Waals surface area contributed by atoms with Gasteiger partial charge in [0.15, 0.2) is 11.5 Å². The van der Waals surface area contributed by atoms with Crippen LogP contribution < -0.4 is 14.8 Å². The molecule has 7 nitrogen and oxygen atoms in total. The van der Waals surface area contributed by atoms with E-state index in [1.165, 1.54) is 11.3 Å². The molecule has 1 aliphatic rings. The molecule has 0 saturated heterocycles. The third kappa shape index (κ3) is 3.11. The number of nitrogens with one attached hydrogen (secondary N) is 1. The smallest absolute Gasteiger partial charge is 0.322 e. The summed E-state index contributed by atoms with van der Waals surface area (Å²) in [6.45, 7) is 2.88. The predicted octanol–water partition coefficient (Wildman–Crippen LogP) is 1.81. The van der Waals surface area contributed by atoms with Gasteiger partial charge in [0.2, 0.25) is 5.13 Å². The molecule has 3 rings (SSSR count). The van der Waals surface area contributed by atoms with E-state index in [4.69, 9.17) is 14.2 Å². The number of carbonyl (C=O) groups is 1. The largest absolute Gasteiger partial charge is 0.442 e. The number of hydrogen-bond acceptors (Lipinski definition) is 7. The SMILES string of the molecule is CCOCc1nnc(NC(=O)C2Oc3ccccc3O2)s1. The quantitative estimate of drug-likeness (QED) is 0.907. The van der Waals surface area contributed by atoms with Crippen molar-refractivity contribution in [3.63, 3.8) is 0 Å². The summed E-state index contributed by atoms with van der Waals surface area (Å²) in [6.07, 6.45) is -1.01. The van der Waals surface area contributed by atoms with Crippen molar-refractivity contribution in [1.29, 1.82) is 0 Å². The lowest BCUT2D eigenvalue weighted by atomic mass is 10.3. The molecule has 1 aromatic heterocycles. The molecule has 8 heteroatoms. The van der Waals surface area contributed by atoms with E-state index in [1.54, 1.807) is 12.1 Å². The van der Waals surface area contributed by atoms with E-state index in [9.17, 15) is 4.79 Å². The number of rotatable bonds is 5. The molecule has 0 aliphatic carbocycles. The summed E-state index contributed by atoms with van der Waals surface area (Å²) in [5.41, 5.74) is 0. The summed E-state index contributed by atoms with van der Waals surface area (Å²) in [6, 6.07) is 7.11. The highest BCUT2D eigenvalue weighted by Crippen LogP contribution is 2.34. The molecule has 21 heavy (non-hydrogen) atoms. The van der Waals surface area contributed by atoms with Crippen molar-refractivity contribution < 1.29 is 19.0 Å². The minimum atomic E-state index is -1.01. The second-order valence-corrected chi connectivity index (χ2v) is 5.20. The summed E-state index contributed by atoms with van der Waals surface area (Å²) in [7, 11) is 0. The number of aromatic nitrogens is 2. The fourth-order valence-electron chi connectivity index (χ4n) is 1.72. The van der Waals surface area contributed by atoms with E-state index in [0.717, 1.165) is 0 Å². The normalized spacial score (nSPS) is 13.4. The second kappa shape index (κ2) is 6.06. The van der Waals surface area contributed by atoms with Crippen molar-refractivity contribution in [1.82, 2.24) is 10.2 Å². The first kappa shape index (κ1) is 13.8. The van der Waals surface area contributed by atoms with Crippen molar-refractivity contribution in [2.75, 3.05) is 11.9 Å². The van der Waals surface area contributed by atoms with E-state index in [2.05, 4.69) is 15.5 Å². The Hall–Kier alpha value is -2.19. The van der Waals surface area contributed by atoms with E-state index >= 15 is 0 Å². The fourth-order valence-corrected chi connectivity index (χ4v) is 2.40. The highest BCUT2D eigenvalue weighted by Gasteiger charge is 2.31. The van der Waals surface area contributed by atoms with E-state index < -0.39 is 12.2 Å². The third-order valence-corrected chi connectivity index (χ3v) is 3.47. The lowest BCUT2D eigenvalue weighted by Crippen LogP contribution is -2.34. The average molecular weight is 307 g/mol. The molecule has 0 fully saturated rings. The molecular formula is C13H13N3O4S. The molecule has 0 radical (unpaired) electrons. The van der Waals surface area contributed by atoms with Gasteiger partial charge >= 0.3 is 12.2 Å². The van der Waals surface area contributed by atoms with E-state index in [1.807, 2.05) is 19.1 Å². The van der Waals surface area contributed by atoms with Gasteiger partial charge in [-0.05, 0) is 19.1 Å². The van der Waals surface area contributed by atoms with Crippen LogP contribution in [0.3, 0.4) is 0 Å². The van der Waals surface area contributed by atoms with Gasteiger partial charge < -0.3 is 14.2 Å². The molecule has 1 N–H and O–H groups in total. The Morgan fingerprint density at radius 1 is 1.33 bits per heavy atom. The Kier molecular flexibility index (Phi) is 3.98. The molecule has 0 unspecified atom stereocenters. The van der Waals surface area contributed by atoms with Gasteiger partial charge in [0.1, 0.15) is 11.6 Å². The molecule has 110 valence electrons. The Morgan fingerprint density at radius 3 is 2.71 bits per heavy atom. The highest BCUT2D eigenvalue weighted by atomic mass is 32.1. The zero-order valence-electron chi connectivity index (χ0n) is 11.2. The van der Waals surface area contributed by atoms with Gasteiger partial charge in [0, 0.05) is 6.61 Å². The Balaban J connectivity index is 1.59. The van der Waals surface area contributed by atoms with Gasteiger partial charge in [-0.15, -0.1) is 10.2 Å². The van der Waals surface area contributed by atoms with Crippen molar-refractivity contribution in [2.45, 2.75) is 19.8 Å². The van der Waals surface area contributed by atoms with E-state index in [-0.39, 0.29) is 0 Å². The minimum absolute atomic E-state index is 0.381. The van der Waals surface area contributed by atoms with Crippen LogP contribution in [0.2, 0.25) is 0 Å². The van der Waals surface area contributed by atoms with Gasteiger partial charge in [-0.3, -0.25) is 10.1 Å². The van der Waals surface area contributed by atoms with Crippen LogP contribution >= 0.6 is 11.3 Å². The zero-order valence-corrected chi connectivity index (χ0v) is 12.1. The predicted molar refractivity (Wildman–Crippen MR) is 75.4 cm³/mol. The molecule has 2 aromatic rings. The van der Waals surface area contributed by atoms with Crippen LogP contribution in [0, 0.1) is 0 Å². The zero-order chi connectivity index (χ0) is 14.7. The van der Waals surface area contributed by atoms with Gasteiger partial charge in [-0.1, -0.05) is 23.5 Å². The number of fused-ring (bicyclic) bond motifs is 1. The summed E-state index contributed by atoms with van der Waals surface area (Å²) in [5.74, 6) is 0.671. The number of hydrogen-bond donors (Lipinski definition) is 1. The van der Waals surface area contributed by atoms with Gasteiger partial charge in [0.05, 0.1) is 0 Å². The fraction of sp³-hybridized carbons (Fsp3) is 0.308. The monoisotopic (exact) mass is 307 g/mol. The topological polar surface area (TPSA) is 82.6 Å². The maximum absolute atomic E-state index is 12.1. The third-order valence-electron chi connectivity index (χ3n) is 2.66. The van der Waals surface area contributed by atoms with Crippen LogP contribution in [0.15, 0.2) is 24.3 Å². The standard InChI is InChI=1S/C13H13N3O4S/c1-2-18-7-10-15-16-13(21-10)14-11(17)12-19-8-5-3-4-6-9(8)20-12/h3-6,12H,2,7H2,1H3,(H,14,16,17). The number of benzene rings is 1. The van der Waals surface area contributed by atoms with E-state index in [0.29, 0.717) is 34.9 Å².